The molecule has 1 aliphatic rings. The predicted molar refractivity (Wildman–Crippen MR) is 250 cm³/mol. The molecular weight excluding hydrogens is 733 g/mol. The van der Waals surface area contributed by atoms with Crippen molar-refractivity contribution in [2.24, 2.45) is 0 Å². The summed E-state index contributed by atoms with van der Waals surface area (Å²) in [7, 11) is 0. The lowest BCUT2D eigenvalue weighted by molar-refractivity contribution is 0.360. The first kappa shape index (κ1) is 32.9. The molecule has 0 saturated heterocycles. The third-order valence-electron chi connectivity index (χ3n) is 12.3. The van der Waals surface area contributed by atoms with Crippen molar-refractivity contribution in [1.82, 2.24) is 0 Å². The van der Waals surface area contributed by atoms with E-state index in [1.165, 1.54) is 64.6 Å². The lowest BCUT2D eigenvalue weighted by Crippen LogP contribution is -2.12. The highest BCUT2D eigenvalue weighted by atomic mass is 16.6. The van der Waals surface area contributed by atoms with Gasteiger partial charge in [0.2, 0.25) is 0 Å². The normalized spacial score (nSPS) is 12.3. The fourth-order valence-electron chi connectivity index (χ4n) is 9.70. The number of para-hydroxylation sites is 2. The molecule has 0 aliphatic carbocycles. The first-order valence-electron chi connectivity index (χ1n) is 20.4. The second kappa shape index (κ2) is 12.7. The topological polar surface area (TPSA) is 24.9 Å². The first-order valence-corrected chi connectivity index (χ1v) is 20.4. The molecule has 0 fully saturated rings. The van der Waals surface area contributed by atoms with Crippen molar-refractivity contribution < 1.29 is 9.47 Å². The molecule has 0 bridgehead atoms. The van der Waals surface area contributed by atoms with Gasteiger partial charge in [0.15, 0.2) is 23.0 Å². The lowest BCUT2D eigenvalue weighted by Gasteiger charge is -2.30. The Morgan fingerprint density at radius 3 is 1.07 bits per heavy atom. The summed E-state index contributed by atoms with van der Waals surface area (Å²) in [5, 5.41) is 14.9. The standard InChI is InChI=1S/C56H34N2O2/c1-3-17-41(18-4-1)57(47-31-39-15-7-11-35-23-25-37-13-9-21-45(47)55(37)53(35)39)43-27-29-49-51(33-43)59-50-30-28-44(34-52(50)60-49)58(42-19-5-2-6-20-42)48-32-40-16-8-12-36-24-26-38-14-10-22-46(48)56(38)54(36)40/h1-34H. The van der Waals surface area contributed by atoms with Crippen LogP contribution in [0.25, 0.3) is 64.6 Å². The van der Waals surface area contributed by atoms with Gasteiger partial charge in [-0.15, -0.1) is 0 Å². The Morgan fingerprint density at radius 1 is 0.250 bits per heavy atom. The number of hydrogen-bond acceptors (Lipinski definition) is 4. The van der Waals surface area contributed by atoms with Crippen molar-refractivity contribution in [2.75, 3.05) is 9.80 Å². The Morgan fingerprint density at radius 2 is 0.633 bits per heavy atom. The molecule has 0 spiro atoms. The minimum absolute atomic E-state index is 0.664. The minimum Gasteiger partial charge on any atom is -0.449 e. The Kier molecular flexibility index (Phi) is 6.98. The second-order valence-electron chi connectivity index (χ2n) is 15.7. The average molecular weight is 767 g/mol. The van der Waals surface area contributed by atoms with Gasteiger partial charge in [0.05, 0.1) is 22.7 Å². The summed E-state index contributed by atoms with van der Waals surface area (Å²) in [5.41, 5.74) is 6.27. The maximum absolute atomic E-state index is 6.77. The molecule has 0 aromatic heterocycles. The monoisotopic (exact) mass is 766 g/mol. The van der Waals surface area contributed by atoms with E-state index in [2.05, 4.69) is 204 Å². The maximum atomic E-state index is 6.77. The van der Waals surface area contributed by atoms with Crippen molar-refractivity contribution in [3.05, 3.63) is 206 Å². The van der Waals surface area contributed by atoms with Crippen molar-refractivity contribution in [1.29, 1.82) is 0 Å². The molecule has 0 saturated carbocycles. The van der Waals surface area contributed by atoms with Gasteiger partial charge in [-0.25, -0.2) is 0 Å². The Bertz CT molecular complexity index is 3380. The van der Waals surface area contributed by atoms with Crippen LogP contribution in [0, 0.1) is 0 Å². The van der Waals surface area contributed by atoms with Crippen LogP contribution in [0.5, 0.6) is 23.0 Å². The van der Waals surface area contributed by atoms with Crippen LogP contribution < -0.4 is 19.3 Å². The molecule has 0 radical (unpaired) electrons. The number of benzene rings is 12. The highest BCUT2D eigenvalue weighted by Gasteiger charge is 2.26. The number of hydrogen-bond donors (Lipinski definition) is 0. The van der Waals surface area contributed by atoms with Crippen LogP contribution >= 0.6 is 0 Å². The molecular formula is C56H34N2O2. The Balaban J connectivity index is 0.931. The fourth-order valence-corrected chi connectivity index (χ4v) is 9.70. The summed E-state index contributed by atoms with van der Waals surface area (Å²) in [4.78, 5) is 4.67. The van der Waals surface area contributed by atoms with Gasteiger partial charge in [0.1, 0.15) is 0 Å². The molecule has 12 aromatic rings. The largest absolute Gasteiger partial charge is 0.449 e. The number of ether oxygens (including phenoxy) is 2. The second-order valence-corrected chi connectivity index (χ2v) is 15.7. The van der Waals surface area contributed by atoms with Crippen LogP contribution in [0.15, 0.2) is 206 Å². The first-order chi connectivity index (χ1) is 29.7. The molecule has 60 heavy (non-hydrogen) atoms. The van der Waals surface area contributed by atoms with Crippen LogP contribution in [0.4, 0.5) is 34.1 Å². The van der Waals surface area contributed by atoms with Crippen LogP contribution in [-0.2, 0) is 0 Å². The van der Waals surface area contributed by atoms with Crippen molar-refractivity contribution in [3.8, 4) is 23.0 Å². The van der Waals surface area contributed by atoms with E-state index < -0.39 is 0 Å². The molecule has 0 amide bonds. The zero-order chi connectivity index (χ0) is 39.3. The summed E-state index contributed by atoms with van der Waals surface area (Å²) in [5.74, 6) is 2.66. The van der Waals surface area contributed by atoms with Gasteiger partial charge >= 0.3 is 0 Å². The van der Waals surface area contributed by atoms with Gasteiger partial charge < -0.3 is 19.3 Å². The van der Waals surface area contributed by atoms with Crippen LogP contribution in [0.2, 0.25) is 0 Å². The molecule has 280 valence electrons. The smallest absolute Gasteiger partial charge is 0.172 e. The van der Waals surface area contributed by atoms with E-state index in [1.807, 2.05) is 12.1 Å². The Labute approximate surface area is 346 Å². The number of rotatable bonds is 6. The highest BCUT2D eigenvalue weighted by Crippen LogP contribution is 2.52. The van der Waals surface area contributed by atoms with E-state index in [0.29, 0.717) is 23.0 Å². The fraction of sp³-hybridized carbons (Fsp3) is 0. The molecule has 1 aliphatic heterocycles. The summed E-state index contributed by atoms with van der Waals surface area (Å²) in [6, 6.07) is 73.6. The van der Waals surface area contributed by atoms with E-state index in [9.17, 15) is 0 Å². The van der Waals surface area contributed by atoms with Crippen molar-refractivity contribution >= 4 is 98.8 Å². The zero-order valence-electron chi connectivity index (χ0n) is 32.3. The van der Waals surface area contributed by atoms with E-state index in [4.69, 9.17) is 9.47 Å². The van der Waals surface area contributed by atoms with Gasteiger partial charge in [0, 0.05) is 34.3 Å². The van der Waals surface area contributed by atoms with E-state index in [0.717, 1.165) is 34.1 Å². The van der Waals surface area contributed by atoms with Crippen LogP contribution in [0.3, 0.4) is 0 Å². The number of fused-ring (bicyclic) bond motifs is 2. The molecule has 0 atom stereocenters. The zero-order valence-corrected chi connectivity index (χ0v) is 32.3. The summed E-state index contributed by atoms with van der Waals surface area (Å²) < 4.78 is 13.5. The summed E-state index contributed by atoms with van der Waals surface area (Å²) in [6.07, 6.45) is 0. The van der Waals surface area contributed by atoms with Gasteiger partial charge in [0.25, 0.3) is 0 Å². The average Bonchev–Trinajstić information content (AvgIpc) is 3.30. The van der Waals surface area contributed by atoms with Crippen LogP contribution in [0.1, 0.15) is 0 Å². The van der Waals surface area contributed by atoms with Gasteiger partial charge in [-0.05, 0) is 115 Å². The number of nitrogens with zero attached hydrogens (tertiary/aromatic N) is 2. The summed E-state index contributed by atoms with van der Waals surface area (Å²) in [6.45, 7) is 0. The Hall–Kier alpha value is -8.08. The molecule has 4 heteroatoms. The quantitative estimate of drug-likeness (QED) is 0.157. The van der Waals surface area contributed by atoms with Crippen molar-refractivity contribution in [3.63, 3.8) is 0 Å². The van der Waals surface area contributed by atoms with Gasteiger partial charge in [-0.2, -0.15) is 0 Å². The minimum atomic E-state index is 0.664. The van der Waals surface area contributed by atoms with Gasteiger partial charge in [-0.3, -0.25) is 0 Å². The highest BCUT2D eigenvalue weighted by molar-refractivity contribution is 6.28. The molecule has 4 nitrogen and oxygen atoms in total. The molecule has 1 heterocycles. The third-order valence-corrected chi connectivity index (χ3v) is 12.3. The molecule has 0 N–H and O–H groups in total. The van der Waals surface area contributed by atoms with Crippen molar-refractivity contribution in [2.45, 2.75) is 0 Å². The third kappa shape index (κ3) is 4.91. The summed E-state index contributed by atoms with van der Waals surface area (Å²) >= 11 is 0. The van der Waals surface area contributed by atoms with Crippen LogP contribution in [-0.4, -0.2) is 0 Å². The maximum Gasteiger partial charge on any atom is 0.172 e. The SMILES string of the molecule is c1ccc(N(c2ccc3c(c2)Oc2ccc(N(c4ccccc4)c4cc5cccc6ccc7cccc4c7c65)cc2O3)c2cc3cccc4ccc5cccc2c5c43)cc1. The van der Waals surface area contributed by atoms with E-state index in [1.54, 1.807) is 0 Å². The molecule has 12 aromatic carbocycles. The number of anilines is 6. The molecule has 0 unspecified atom stereocenters. The molecule has 13 rings (SSSR count). The van der Waals surface area contributed by atoms with E-state index in [-0.39, 0.29) is 0 Å². The van der Waals surface area contributed by atoms with E-state index >= 15 is 0 Å². The lowest BCUT2D eigenvalue weighted by atomic mass is 9.92. The van der Waals surface area contributed by atoms with Gasteiger partial charge in [-0.1, -0.05) is 133 Å². The predicted octanol–water partition coefficient (Wildman–Crippen LogP) is 16.3.